The quantitative estimate of drug-likeness (QED) is 0.138. The molecule has 0 aliphatic carbocycles. The van der Waals surface area contributed by atoms with Crippen molar-refractivity contribution in [1.82, 2.24) is 10.6 Å². The van der Waals surface area contributed by atoms with E-state index in [-0.39, 0.29) is 12.5 Å². The summed E-state index contributed by atoms with van der Waals surface area (Å²) in [6.45, 7) is 3.38. The van der Waals surface area contributed by atoms with Crippen LogP contribution < -0.4 is 16.0 Å². The van der Waals surface area contributed by atoms with Crippen LogP contribution in [-0.4, -0.2) is 101 Å². The number of carboxylic acid groups (broad SMARTS) is 1. The number of anilines is 1. The smallest absolute Gasteiger partial charge is 0.335 e. The average Bonchev–Trinajstić information content (AvgIpc) is 2.85. The summed E-state index contributed by atoms with van der Waals surface area (Å²) in [7, 11) is 1.58. The molecule has 7 unspecified atom stereocenters. The number of hydrogen-bond acceptors (Lipinski definition) is 11. The number of aliphatic carboxylic acids is 1. The Kier molecular flexibility index (Phi) is 11.4. The standard InChI is InChI=1S/C23H33N3O11/c1-11(2)15(24-3)21(32)26-14(20(31)25-13-6-4-12(5-7-13)8-35-10-27)9-36-23-18(30)16(28)17(29)19(37-23)22(33)34/h4-7,10-11,14-19,23-24,28-30H,8-9H2,1-3H3,(H,25,31)(H,26,32)(H,33,34). The Morgan fingerprint density at radius 2 is 1.70 bits per heavy atom. The predicted octanol–water partition coefficient (Wildman–Crippen LogP) is -2.06. The molecule has 1 saturated heterocycles. The lowest BCUT2D eigenvalue weighted by atomic mass is 9.99. The normalized spacial score (nSPS) is 25.1. The van der Waals surface area contributed by atoms with Gasteiger partial charge in [-0.25, -0.2) is 4.79 Å². The molecular weight excluding hydrogens is 494 g/mol. The number of hydrogen-bond donors (Lipinski definition) is 7. The minimum atomic E-state index is -1.91. The summed E-state index contributed by atoms with van der Waals surface area (Å²) < 4.78 is 15.1. The van der Waals surface area contributed by atoms with Crippen LogP contribution in [0, 0.1) is 5.92 Å². The van der Waals surface area contributed by atoms with Gasteiger partial charge in [0.05, 0.1) is 12.6 Å². The fraction of sp³-hybridized carbons (Fsp3) is 0.565. The van der Waals surface area contributed by atoms with Gasteiger partial charge in [-0.1, -0.05) is 26.0 Å². The van der Waals surface area contributed by atoms with Crippen LogP contribution in [0.5, 0.6) is 0 Å². The van der Waals surface area contributed by atoms with Gasteiger partial charge in [0.1, 0.15) is 31.0 Å². The molecule has 2 rings (SSSR count). The molecule has 0 spiro atoms. The van der Waals surface area contributed by atoms with Crippen molar-refractivity contribution < 1.29 is 53.8 Å². The number of rotatable bonds is 13. The number of aliphatic hydroxyl groups excluding tert-OH is 3. The molecule has 1 fully saturated rings. The molecular formula is C23H33N3O11. The van der Waals surface area contributed by atoms with E-state index in [0.29, 0.717) is 17.7 Å². The van der Waals surface area contributed by atoms with Gasteiger partial charge in [0.25, 0.3) is 6.47 Å². The van der Waals surface area contributed by atoms with Crippen LogP contribution >= 0.6 is 0 Å². The summed E-state index contributed by atoms with van der Waals surface area (Å²) in [5.41, 5.74) is 1.02. The van der Waals surface area contributed by atoms with E-state index in [1.165, 1.54) is 0 Å². The first-order chi connectivity index (χ1) is 17.5. The molecule has 14 nitrogen and oxygen atoms in total. The highest BCUT2D eigenvalue weighted by Crippen LogP contribution is 2.22. The molecule has 0 bridgehead atoms. The van der Waals surface area contributed by atoms with Gasteiger partial charge in [0.15, 0.2) is 12.4 Å². The first kappa shape index (κ1) is 30.1. The minimum Gasteiger partial charge on any atom is -0.479 e. The molecule has 0 saturated carbocycles. The third-order valence-electron chi connectivity index (χ3n) is 5.67. The lowest BCUT2D eigenvalue weighted by Crippen LogP contribution is -2.61. The second-order valence-corrected chi connectivity index (χ2v) is 8.73. The van der Waals surface area contributed by atoms with Crippen molar-refractivity contribution in [3.05, 3.63) is 29.8 Å². The number of carboxylic acids is 1. The van der Waals surface area contributed by atoms with Crippen LogP contribution in [0.25, 0.3) is 0 Å². The van der Waals surface area contributed by atoms with Gasteiger partial charge in [0, 0.05) is 5.69 Å². The van der Waals surface area contributed by atoms with E-state index >= 15 is 0 Å². The number of likely N-dealkylation sites (N-methyl/N-ethyl adjacent to an activating group) is 1. The third kappa shape index (κ3) is 8.18. The highest BCUT2D eigenvalue weighted by atomic mass is 16.7. The molecule has 0 radical (unpaired) electrons. The highest BCUT2D eigenvalue weighted by Gasteiger charge is 2.47. The number of carbonyl (C=O) groups is 4. The Balaban J connectivity index is 2.17. The predicted molar refractivity (Wildman–Crippen MR) is 126 cm³/mol. The summed E-state index contributed by atoms with van der Waals surface area (Å²) >= 11 is 0. The number of aliphatic hydroxyl groups is 3. The van der Waals surface area contributed by atoms with Crippen LogP contribution in [0.15, 0.2) is 24.3 Å². The topological polar surface area (TPSA) is 213 Å². The van der Waals surface area contributed by atoms with Crippen molar-refractivity contribution in [3.8, 4) is 0 Å². The number of carbonyl (C=O) groups excluding carboxylic acids is 3. The average molecular weight is 528 g/mol. The summed E-state index contributed by atoms with van der Waals surface area (Å²) in [6.07, 6.45) is -9.23. The van der Waals surface area contributed by atoms with Gasteiger partial charge in [-0.2, -0.15) is 0 Å². The van der Waals surface area contributed by atoms with Gasteiger partial charge in [-0.3, -0.25) is 14.4 Å². The van der Waals surface area contributed by atoms with E-state index in [9.17, 15) is 39.6 Å². The van der Waals surface area contributed by atoms with Crippen molar-refractivity contribution in [1.29, 1.82) is 0 Å². The van der Waals surface area contributed by atoms with E-state index in [1.54, 1.807) is 45.2 Å². The van der Waals surface area contributed by atoms with Crippen molar-refractivity contribution in [2.45, 2.75) is 63.2 Å². The number of benzene rings is 1. The Bertz CT molecular complexity index is 927. The molecule has 1 aliphatic rings. The molecule has 14 heteroatoms. The van der Waals surface area contributed by atoms with Crippen LogP contribution in [-0.2, 0) is 40.0 Å². The monoisotopic (exact) mass is 527 g/mol. The molecule has 0 aromatic heterocycles. The minimum absolute atomic E-state index is 0.0481. The van der Waals surface area contributed by atoms with Crippen LogP contribution in [0.4, 0.5) is 5.69 Å². The Hall–Kier alpha value is -3.14. The van der Waals surface area contributed by atoms with E-state index in [0.717, 1.165) is 0 Å². The molecule has 1 aliphatic heterocycles. The van der Waals surface area contributed by atoms with Gasteiger partial charge >= 0.3 is 5.97 Å². The van der Waals surface area contributed by atoms with Gasteiger partial charge in [0.2, 0.25) is 11.8 Å². The fourth-order valence-corrected chi connectivity index (χ4v) is 3.64. The summed E-state index contributed by atoms with van der Waals surface area (Å²) in [5.74, 6) is -2.95. The molecule has 37 heavy (non-hydrogen) atoms. The molecule has 7 N–H and O–H groups in total. The number of nitrogens with one attached hydrogen (secondary N) is 3. The first-order valence-corrected chi connectivity index (χ1v) is 11.5. The van der Waals surface area contributed by atoms with Crippen LogP contribution in [0.2, 0.25) is 0 Å². The molecule has 206 valence electrons. The van der Waals surface area contributed by atoms with Crippen LogP contribution in [0.3, 0.4) is 0 Å². The maximum Gasteiger partial charge on any atom is 0.335 e. The summed E-state index contributed by atoms with van der Waals surface area (Å²) in [4.78, 5) is 47.5. The van der Waals surface area contributed by atoms with Crippen molar-refractivity contribution in [2.24, 2.45) is 5.92 Å². The SMILES string of the molecule is CNC(C(=O)NC(COC1OC(C(=O)O)C(O)C(O)C1O)C(=O)Nc1ccc(COC=O)cc1)C(C)C. The zero-order chi connectivity index (χ0) is 27.7. The molecule has 1 aromatic carbocycles. The largest absolute Gasteiger partial charge is 0.479 e. The Labute approximate surface area is 212 Å². The maximum absolute atomic E-state index is 13.0. The second-order valence-electron chi connectivity index (χ2n) is 8.73. The van der Waals surface area contributed by atoms with Gasteiger partial charge < -0.3 is 50.6 Å². The number of amides is 2. The maximum atomic E-state index is 13.0. The van der Waals surface area contributed by atoms with Crippen LogP contribution in [0.1, 0.15) is 19.4 Å². The van der Waals surface area contributed by atoms with Gasteiger partial charge in [-0.15, -0.1) is 0 Å². The highest BCUT2D eigenvalue weighted by molar-refractivity contribution is 5.98. The Morgan fingerprint density at radius 3 is 2.24 bits per heavy atom. The molecule has 1 aromatic rings. The van der Waals surface area contributed by atoms with Crippen molar-refractivity contribution >= 4 is 29.9 Å². The third-order valence-corrected chi connectivity index (χ3v) is 5.67. The van der Waals surface area contributed by atoms with Gasteiger partial charge in [-0.05, 0) is 30.7 Å². The lowest BCUT2D eigenvalue weighted by Gasteiger charge is -2.38. The molecule has 2 amide bonds. The molecule has 1 heterocycles. The van der Waals surface area contributed by atoms with E-state index < -0.39 is 67.2 Å². The molecule has 7 atom stereocenters. The number of ether oxygens (including phenoxy) is 3. The Morgan fingerprint density at radius 1 is 1.05 bits per heavy atom. The summed E-state index contributed by atoms with van der Waals surface area (Å²) in [6, 6.07) is 4.35. The zero-order valence-corrected chi connectivity index (χ0v) is 20.6. The zero-order valence-electron chi connectivity index (χ0n) is 20.6. The van der Waals surface area contributed by atoms with Crippen molar-refractivity contribution in [3.63, 3.8) is 0 Å². The van der Waals surface area contributed by atoms with Crippen molar-refractivity contribution in [2.75, 3.05) is 19.0 Å². The first-order valence-electron chi connectivity index (χ1n) is 11.5. The summed E-state index contributed by atoms with van der Waals surface area (Å²) in [5, 5.41) is 47.2. The fourth-order valence-electron chi connectivity index (χ4n) is 3.64. The van der Waals surface area contributed by atoms with E-state index in [1.807, 2.05) is 0 Å². The lowest BCUT2D eigenvalue weighted by molar-refractivity contribution is -0.294. The van der Waals surface area contributed by atoms with E-state index in [4.69, 9.17) is 9.47 Å². The van der Waals surface area contributed by atoms with E-state index in [2.05, 4.69) is 20.7 Å². The second kappa shape index (κ2) is 14.0.